The first-order valence-electron chi connectivity index (χ1n) is 8.02. The first-order chi connectivity index (χ1) is 12.2. The van der Waals surface area contributed by atoms with Crippen molar-refractivity contribution >= 4 is 11.7 Å². The highest BCUT2D eigenvalue weighted by Gasteiger charge is 2.04. The SMILES string of the molecule is COc1ccc(NC(=O)NCCc2cnn(-c3ccccc3)c2)cc1. The number of para-hydroxylation sites is 1. The summed E-state index contributed by atoms with van der Waals surface area (Å²) in [6, 6.07) is 16.9. The van der Waals surface area contributed by atoms with Gasteiger partial charge in [0.25, 0.3) is 0 Å². The fourth-order valence-electron chi connectivity index (χ4n) is 2.38. The lowest BCUT2D eigenvalue weighted by Crippen LogP contribution is -2.30. The van der Waals surface area contributed by atoms with Gasteiger partial charge in [0.2, 0.25) is 0 Å². The number of benzene rings is 2. The largest absolute Gasteiger partial charge is 0.497 e. The van der Waals surface area contributed by atoms with Gasteiger partial charge in [0.05, 0.1) is 19.0 Å². The van der Waals surface area contributed by atoms with Crippen LogP contribution in [0.3, 0.4) is 0 Å². The Morgan fingerprint density at radius 2 is 1.88 bits per heavy atom. The number of hydrogen-bond donors (Lipinski definition) is 2. The predicted octanol–water partition coefficient (Wildman–Crippen LogP) is 3.25. The second-order valence-corrected chi connectivity index (χ2v) is 5.49. The second kappa shape index (κ2) is 8.01. The van der Waals surface area contributed by atoms with Crippen LogP contribution in [0.2, 0.25) is 0 Å². The lowest BCUT2D eigenvalue weighted by Gasteiger charge is -2.07. The molecule has 0 aliphatic rings. The molecule has 2 aromatic carbocycles. The van der Waals surface area contributed by atoms with Crippen LogP contribution in [-0.4, -0.2) is 29.5 Å². The molecule has 0 aliphatic heterocycles. The lowest BCUT2D eigenvalue weighted by molar-refractivity contribution is 0.252. The number of urea groups is 1. The number of methoxy groups -OCH3 is 1. The number of hydrogen-bond acceptors (Lipinski definition) is 3. The van der Waals surface area contributed by atoms with Crippen molar-refractivity contribution in [3.8, 4) is 11.4 Å². The quantitative estimate of drug-likeness (QED) is 0.726. The minimum absolute atomic E-state index is 0.236. The van der Waals surface area contributed by atoms with Crippen LogP contribution in [0.15, 0.2) is 67.0 Å². The molecular weight excluding hydrogens is 316 g/mol. The van der Waals surface area contributed by atoms with E-state index in [1.807, 2.05) is 47.4 Å². The zero-order valence-corrected chi connectivity index (χ0v) is 14.0. The van der Waals surface area contributed by atoms with E-state index in [1.165, 1.54) is 0 Å². The number of ether oxygens (including phenoxy) is 1. The van der Waals surface area contributed by atoms with Gasteiger partial charge in [0, 0.05) is 18.4 Å². The molecule has 0 saturated carbocycles. The number of nitrogens with one attached hydrogen (secondary N) is 2. The number of carbonyl (C=O) groups is 1. The molecule has 0 fully saturated rings. The van der Waals surface area contributed by atoms with Gasteiger partial charge in [-0.1, -0.05) is 18.2 Å². The molecule has 1 aromatic heterocycles. The van der Waals surface area contributed by atoms with E-state index in [0.717, 1.165) is 22.7 Å². The monoisotopic (exact) mass is 336 g/mol. The third-order valence-electron chi connectivity index (χ3n) is 3.70. The third-order valence-corrected chi connectivity index (χ3v) is 3.70. The van der Waals surface area contributed by atoms with Crippen LogP contribution in [0.25, 0.3) is 5.69 Å². The highest BCUT2D eigenvalue weighted by molar-refractivity contribution is 5.89. The topological polar surface area (TPSA) is 68.2 Å². The van der Waals surface area contributed by atoms with Crippen molar-refractivity contribution in [2.24, 2.45) is 0 Å². The summed E-state index contributed by atoms with van der Waals surface area (Å²) >= 11 is 0. The maximum absolute atomic E-state index is 11.9. The molecule has 0 atom stereocenters. The molecule has 0 saturated heterocycles. The van der Waals surface area contributed by atoms with E-state index in [2.05, 4.69) is 15.7 Å². The number of amides is 2. The molecule has 0 aliphatic carbocycles. The fourth-order valence-corrected chi connectivity index (χ4v) is 2.38. The third kappa shape index (κ3) is 4.60. The molecule has 6 heteroatoms. The molecule has 2 amide bonds. The number of aromatic nitrogens is 2. The van der Waals surface area contributed by atoms with E-state index in [1.54, 1.807) is 31.4 Å². The van der Waals surface area contributed by atoms with Gasteiger partial charge in [-0.3, -0.25) is 0 Å². The van der Waals surface area contributed by atoms with Crippen molar-refractivity contribution < 1.29 is 9.53 Å². The van der Waals surface area contributed by atoms with Crippen molar-refractivity contribution in [3.63, 3.8) is 0 Å². The average molecular weight is 336 g/mol. The van der Waals surface area contributed by atoms with Crippen LogP contribution in [0.5, 0.6) is 5.75 Å². The minimum atomic E-state index is -0.236. The number of rotatable bonds is 6. The molecule has 0 radical (unpaired) electrons. The number of nitrogens with zero attached hydrogens (tertiary/aromatic N) is 2. The lowest BCUT2D eigenvalue weighted by atomic mass is 10.2. The Morgan fingerprint density at radius 1 is 1.12 bits per heavy atom. The van der Waals surface area contributed by atoms with Gasteiger partial charge in [-0.05, 0) is 48.4 Å². The van der Waals surface area contributed by atoms with E-state index in [0.29, 0.717) is 13.0 Å². The van der Waals surface area contributed by atoms with Crippen molar-refractivity contribution in [2.45, 2.75) is 6.42 Å². The zero-order chi connectivity index (χ0) is 17.5. The van der Waals surface area contributed by atoms with E-state index < -0.39 is 0 Å². The molecule has 3 rings (SSSR count). The Labute approximate surface area is 146 Å². The summed E-state index contributed by atoms with van der Waals surface area (Å²) in [7, 11) is 1.61. The Balaban J connectivity index is 1.46. The summed E-state index contributed by atoms with van der Waals surface area (Å²) in [5, 5.41) is 9.97. The molecule has 2 N–H and O–H groups in total. The van der Waals surface area contributed by atoms with Crippen LogP contribution >= 0.6 is 0 Å². The van der Waals surface area contributed by atoms with Gasteiger partial charge >= 0.3 is 6.03 Å². The van der Waals surface area contributed by atoms with Crippen LogP contribution in [0.4, 0.5) is 10.5 Å². The van der Waals surface area contributed by atoms with Gasteiger partial charge in [0.1, 0.15) is 5.75 Å². The summed E-state index contributed by atoms with van der Waals surface area (Å²) in [4.78, 5) is 11.9. The molecule has 1 heterocycles. The summed E-state index contributed by atoms with van der Waals surface area (Å²) in [6.45, 7) is 0.530. The molecule has 128 valence electrons. The molecule has 3 aromatic rings. The van der Waals surface area contributed by atoms with E-state index in [4.69, 9.17) is 4.74 Å². The first-order valence-corrected chi connectivity index (χ1v) is 8.02. The summed E-state index contributed by atoms with van der Waals surface area (Å²) in [5.41, 5.74) is 2.79. The Bertz CT molecular complexity index is 813. The number of carbonyl (C=O) groups excluding carboxylic acids is 1. The van der Waals surface area contributed by atoms with Crippen molar-refractivity contribution in [1.82, 2.24) is 15.1 Å². The van der Waals surface area contributed by atoms with Crippen LogP contribution < -0.4 is 15.4 Å². The molecule has 0 spiro atoms. The summed E-state index contributed by atoms with van der Waals surface area (Å²) in [5.74, 6) is 0.751. The van der Waals surface area contributed by atoms with Crippen LogP contribution in [0.1, 0.15) is 5.56 Å². The molecule has 25 heavy (non-hydrogen) atoms. The van der Waals surface area contributed by atoms with Crippen LogP contribution in [-0.2, 0) is 6.42 Å². The molecule has 0 bridgehead atoms. The number of anilines is 1. The van der Waals surface area contributed by atoms with E-state index in [-0.39, 0.29) is 6.03 Å². The Morgan fingerprint density at radius 3 is 2.60 bits per heavy atom. The highest BCUT2D eigenvalue weighted by atomic mass is 16.5. The minimum Gasteiger partial charge on any atom is -0.497 e. The summed E-state index contributed by atoms with van der Waals surface area (Å²) < 4.78 is 6.91. The van der Waals surface area contributed by atoms with Gasteiger partial charge in [0.15, 0.2) is 0 Å². The fraction of sp³-hybridized carbons (Fsp3) is 0.158. The predicted molar refractivity (Wildman–Crippen MR) is 97.3 cm³/mol. The first kappa shape index (κ1) is 16.6. The van der Waals surface area contributed by atoms with Gasteiger partial charge < -0.3 is 15.4 Å². The molecular formula is C19H20N4O2. The van der Waals surface area contributed by atoms with Gasteiger partial charge in [-0.2, -0.15) is 5.10 Å². The van der Waals surface area contributed by atoms with Crippen molar-refractivity contribution in [3.05, 3.63) is 72.6 Å². The summed E-state index contributed by atoms with van der Waals surface area (Å²) in [6.07, 6.45) is 4.50. The maximum atomic E-state index is 11.9. The van der Waals surface area contributed by atoms with Crippen molar-refractivity contribution in [2.75, 3.05) is 19.0 Å². The smallest absolute Gasteiger partial charge is 0.319 e. The Kier molecular flexibility index (Phi) is 5.31. The van der Waals surface area contributed by atoms with Crippen molar-refractivity contribution in [1.29, 1.82) is 0 Å². The van der Waals surface area contributed by atoms with Crippen LogP contribution in [0, 0.1) is 0 Å². The highest BCUT2D eigenvalue weighted by Crippen LogP contribution is 2.14. The maximum Gasteiger partial charge on any atom is 0.319 e. The standard InChI is InChI=1S/C19H20N4O2/c1-25-18-9-7-16(8-10-18)22-19(24)20-12-11-15-13-21-23(14-15)17-5-3-2-4-6-17/h2-10,13-14H,11-12H2,1H3,(H2,20,22,24). The van der Waals surface area contributed by atoms with Gasteiger partial charge in [-0.15, -0.1) is 0 Å². The van der Waals surface area contributed by atoms with Gasteiger partial charge in [-0.25, -0.2) is 9.48 Å². The van der Waals surface area contributed by atoms with E-state index in [9.17, 15) is 4.79 Å². The molecule has 6 nitrogen and oxygen atoms in total. The second-order valence-electron chi connectivity index (χ2n) is 5.49. The zero-order valence-electron chi connectivity index (χ0n) is 14.0. The Hall–Kier alpha value is -3.28. The normalized spacial score (nSPS) is 10.3. The van der Waals surface area contributed by atoms with E-state index >= 15 is 0 Å². The molecule has 0 unspecified atom stereocenters. The average Bonchev–Trinajstić information content (AvgIpc) is 3.12.